The molecule has 0 saturated carbocycles. The summed E-state index contributed by atoms with van der Waals surface area (Å²) in [6, 6.07) is 9.47. The van der Waals surface area contributed by atoms with Gasteiger partial charge in [0.25, 0.3) is 0 Å². The number of carbonyl (C=O) groups is 2. The smallest absolute Gasteiger partial charge is 0.242 e. The van der Waals surface area contributed by atoms with Crippen molar-refractivity contribution in [1.82, 2.24) is 15.6 Å². The van der Waals surface area contributed by atoms with E-state index >= 15 is 0 Å². The third-order valence-corrected chi connectivity index (χ3v) is 3.43. The average Bonchev–Trinajstić information content (AvgIpc) is 2.51. The van der Waals surface area contributed by atoms with Gasteiger partial charge in [0.05, 0.1) is 5.92 Å². The lowest BCUT2D eigenvalue weighted by Crippen LogP contribution is -2.41. The number of nitrogens with two attached hydrogens (primary N) is 1. The maximum atomic E-state index is 12.0. The molecule has 0 saturated heterocycles. The second-order valence-corrected chi connectivity index (χ2v) is 5.21. The van der Waals surface area contributed by atoms with E-state index in [1.54, 1.807) is 7.05 Å². The molecule has 0 heterocycles. The molecule has 0 radical (unpaired) electrons. The van der Waals surface area contributed by atoms with Crippen molar-refractivity contribution in [1.29, 1.82) is 0 Å². The van der Waals surface area contributed by atoms with Crippen molar-refractivity contribution in [3.63, 3.8) is 0 Å². The summed E-state index contributed by atoms with van der Waals surface area (Å²) >= 11 is 0. The molecule has 0 aliphatic carbocycles. The highest BCUT2D eigenvalue weighted by molar-refractivity contribution is 5.83. The van der Waals surface area contributed by atoms with Gasteiger partial charge in [0.1, 0.15) is 0 Å². The fourth-order valence-electron chi connectivity index (χ4n) is 2.31. The number of carbonyl (C=O) groups excluding carboxylic acids is 2. The molecule has 0 aliphatic rings. The van der Waals surface area contributed by atoms with E-state index in [0.717, 1.165) is 5.56 Å². The van der Waals surface area contributed by atoms with Crippen LogP contribution in [0.15, 0.2) is 30.3 Å². The summed E-state index contributed by atoms with van der Waals surface area (Å²) in [7, 11) is 3.51. The van der Waals surface area contributed by atoms with E-state index in [4.69, 9.17) is 5.84 Å². The summed E-state index contributed by atoms with van der Waals surface area (Å²) in [6.45, 7) is 2.92. The van der Waals surface area contributed by atoms with Crippen LogP contribution < -0.4 is 16.6 Å². The number of nitrogens with zero attached hydrogens (tertiary/aromatic N) is 1. The molecule has 0 fully saturated rings. The zero-order valence-corrected chi connectivity index (χ0v) is 12.8. The summed E-state index contributed by atoms with van der Waals surface area (Å²) in [4.78, 5) is 25.5. The van der Waals surface area contributed by atoms with Gasteiger partial charge in [0, 0.05) is 26.1 Å². The first-order chi connectivity index (χ1) is 9.99. The van der Waals surface area contributed by atoms with Crippen molar-refractivity contribution in [2.24, 2.45) is 11.8 Å². The van der Waals surface area contributed by atoms with Gasteiger partial charge in [-0.15, -0.1) is 0 Å². The van der Waals surface area contributed by atoms with Crippen molar-refractivity contribution >= 4 is 11.8 Å². The maximum Gasteiger partial charge on any atom is 0.242 e. The molecule has 0 aromatic heterocycles. The lowest BCUT2D eigenvalue weighted by atomic mass is 9.97. The molecule has 116 valence electrons. The highest BCUT2D eigenvalue weighted by Crippen LogP contribution is 2.17. The second-order valence-electron chi connectivity index (χ2n) is 5.21. The van der Waals surface area contributed by atoms with E-state index in [1.807, 2.05) is 49.2 Å². The van der Waals surface area contributed by atoms with Crippen molar-refractivity contribution < 1.29 is 9.59 Å². The van der Waals surface area contributed by atoms with Crippen LogP contribution >= 0.6 is 0 Å². The number of hydrogen-bond acceptors (Lipinski definition) is 4. The lowest BCUT2D eigenvalue weighted by Gasteiger charge is -2.25. The Balaban J connectivity index is 2.74. The summed E-state index contributed by atoms with van der Waals surface area (Å²) < 4.78 is 0. The Bertz CT molecular complexity index is 464. The molecule has 4 N–H and O–H groups in total. The molecule has 2 atom stereocenters. The molecule has 1 aromatic carbocycles. The molecule has 0 spiro atoms. The number of amides is 2. The number of benzene rings is 1. The predicted molar refractivity (Wildman–Crippen MR) is 82.2 cm³/mol. The minimum absolute atomic E-state index is 0.0126. The van der Waals surface area contributed by atoms with E-state index in [-0.39, 0.29) is 23.7 Å². The largest absolute Gasteiger partial charge is 0.359 e. The second kappa shape index (κ2) is 8.39. The standard InChI is InChI=1S/C15H24N4O2/c1-11(14(20)17-2)9-19(3)10-13(15(21)18-16)12-7-5-4-6-8-12/h4-8,11,13H,9-10,16H2,1-3H3,(H,17,20)(H,18,21). The zero-order valence-electron chi connectivity index (χ0n) is 12.8. The highest BCUT2D eigenvalue weighted by atomic mass is 16.2. The Morgan fingerprint density at radius 3 is 2.33 bits per heavy atom. The number of likely N-dealkylation sites (N-methyl/N-ethyl adjacent to an activating group) is 1. The highest BCUT2D eigenvalue weighted by Gasteiger charge is 2.23. The number of nitrogens with one attached hydrogen (secondary N) is 2. The first-order valence-corrected chi connectivity index (χ1v) is 6.95. The van der Waals surface area contributed by atoms with Gasteiger partial charge in [-0.05, 0) is 12.6 Å². The molecule has 21 heavy (non-hydrogen) atoms. The molecule has 6 nitrogen and oxygen atoms in total. The topological polar surface area (TPSA) is 87.5 Å². The molecule has 0 aliphatic heterocycles. The molecule has 1 aromatic rings. The van der Waals surface area contributed by atoms with E-state index in [2.05, 4.69) is 10.7 Å². The van der Waals surface area contributed by atoms with Crippen molar-refractivity contribution in [2.45, 2.75) is 12.8 Å². The fourth-order valence-corrected chi connectivity index (χ4v) is 2.31. The van der Waals surface area contributed by atoms with Crippen LogP contribution in [0.3, 0.4) is 0 Å². The van der Waals surface area contributed by atoms with Crippen LogP contribution in [0.5, 0.6) is 0 Å². The van der Waals surface area contributed by atoms with Crippen LogP contribution in [0.25, 0.3) is 0 Å². The summed E-state index contributed by atoms with van der Waals surface area (Å²) in [5.74, 6) is 4.52. The van der Waals surface area contributed by atoms with Crippen LogP contribution in [0.4, 0.5) is 0 Å². The molecule has 1 rings (SSSR count). The summed E-state index contributed by atoms with van der Waals surface area (Å²) in [5, 5.41) is 2.62. The van der Waals surface area contributed by atoms with Crippen LogP contribution in [0.2, 0.25) is 0 Å². The van der Waals surface area contributed by atoms with Crippen LogP contribution in [-0.4, -0.2) is 43.9 Å². The molecule has 2 amide bonds. The molecule has 6 heteroatoms. The van der Waals surface area contributed by atoms with Gasteiger partial charge >= 0.3 is 0 Å². The van der Waals surface area contributed by atoms with Crippen LogP contribution in [0.1, 0.15) is 18.4 Å². The van der Waals surface area contributed by atoms with Crippen LogP contribution in [-0.2, 0) is 9.59 Å². The van der Waals surface area contributed by atoms with Crippen molar-refractivity contribution in [2.75, 3.05) is 27.2 Å². The SMILES string of the molecule is CNC(=O)C(C)CN(C)CC(C(=O)NN)c1ccccc1. The first kappa shape index (κ1) is 17.1. The maximum absolute atomic E-state index is 12.0. The zero-order chi connectivity index (χ0) is 15.8. The number of hydrogen-bond donors (Lipinski definition) is 3. The number of rotatable bonds is 7. The molecule has 2 unspecified atom stereocenters. The van der Waals surface area contributed by atoms with Gasteiger partial charge in [0.15, 0.2) is 0 Å². The van der Waals surface area contributed by atoms with E-state index in [9.17, 15) is 9.59 Å². The Kier molecular flexibility index (Phi) is 6.84. The minimum Gasteiger partial charge on any atom is -0.359 e. The van der Waals surface area contributed by atoms with Crippen molar-refractivity contribution in [3.05, 3.63) is 35.9 Å². The third kappa shape index (κ3) is 5.17. The Morgan fingerprint density at radius 1 is 1.19 bits per heavy atom. The van der Waals surface area contributed by atoms with Gasteiger partial charge in [-0.25, -0.2) is 5.84 Å². The molecular weight excluding hydrogens is 268 g/mol. The summed E-state index contributed by atoms with van der Waals surface area (Å²) in [6.07, 6.45) is 0. The Hall–Kier alpha value is -1.92. The Morgan fingerprint density at radius 2 is 1.81 bits per heavy atom. The third-order valence-electron chi connectivity index (χ3n) is 3.43. The Labute approximate surface area is 125 Å². The van der Waals surface area contributed by atoms with E-state index in [0.29, 0.717) is 13.1 Å². The van der Waals surface area contributed by atoms with E-state index < -0.39 is 0 Å². The van der Waals surface area contributed by atoms with Gasteiger partial charge in [-0.2, -0.15) is 0 Å². The van der Waals surface area contributed by atoms with Gasteiger partial charge < -0.3 is 10.2 Å². The fraction of sp³-hybridized carbons (Fsp3) is 0.467. The predicted octanol–water partition coefficient (Wildman–Crippen LogP) is 0.0740. The quantitative estimate of drug-likeness (QED) is 0.377. The summed E-state index contributed by atoms with van der Waals surface area (Å²) in [5.41, 5.74) is 3.11. The minimum atomic E-state index is -0.363. The van der Waals surface area contributed by atoms with Gasteiger partial charge in [-0.3, -0.25) is 15.0 Å². The van der Waals surface area contributed by atoms with Gasteiger partial charge in [-0.1, -0.05) is 37.3 Å². The monoisotopic (exact) mass is 292 g/mol. The lowest BCUT2D eigenvalue weighted by molar-refractivity contribution is -0.124. The number of hydrazine groups is 1. The molecular formula is C15H24N4O2. The van der Waals surface area contributed by atoms with Gasteiger partial charge in [0.2, 0.25) is 11.8 Å². The van der Waals surface area contributed by atoms with Crippen LogP contribution in [0, 0.1) is 5.92 Å². The molecule has 0 bridgehead atoms. The normalized spacial score (nSPS) is 13.6. The first-order valence-electron chi connectivity index (χ1n) is 6.95. The van der Waals surface area contributed by atoms with Crippen molar-refractivity contribution in [3.8, 4) is 0 Å². The average molecular weight is 292 g/mol. The van der Waals surface area contributed by atoms with E-state index in [1.165, 1.54) is 0 Å².